The molecule has 1 amide bonds. The second-order valence-corrected chi connectivity index (χ2v) is 5.07. The van der Waals surface area contributed by atoms with Crippen LogP contribution in [0.15, 0.2) is 18.3 Å². The van der Waals surface area contributed by atoms with Crippen LogP contribution in [0.4, 0.5) is 5.82 Å². The van der Waals surface area contributed by atoms with Crippen LogP contribution >= 0.6 is 0 Å². The Kier molecular flexibility index (Phi) is 4.87. The monoisotopic (exact) mass is 263 g/mol. The molecule has 104 valence electrons. The smallest absolute Gasteiger partial charge is 0.239 e. The molecule has 1 fully saturated rings. The van der Waals surface area contributed by atoms with E-state index in [2.05, 4.69) is 29.0 Å². The number of hydrogen-bond donors (Lipinski definition) is 1. The van der Waals surface area contributed by atoms with E-state index in [9.17, 15) is 4.79 Å². The minimum Gasteiger partial charge on any atom is -0.379 e. The molecular formula is C14H21N3O2. The van der Waals surface area contributed by atoms with Crippen LogP contribution in [0.1, 0.15) is 25.3 Å². The zero-order valence-corrected chi connectivity index (χ0v) is 11.6. The van der Waals surface area contributed by atoms with Gasteiger partial charge in [0.25, 0.3) is 0 Å². The molecule has 0 atom stereocenters. The van der Waals surface area contributed by atoms with E-state index in [4.69, 9.17) is 4.74 Å². The maximum atomic E-state index is 11.9. The maximum Gasteiger partial charge on any atom is 0.239 e. The minimum absolute atomic E-state index is 0.0216. The molecule has 0 radical (unpaired) electrons. The van der Waals surface area contributed by atoms with Crippen molar-refractivity contribution in [3.05, 3.63) is 23.9 Å². The summed E-state index contributed by atoms with van der Waals surface area (Å²) in [5.41, 5.74) is 1.17. The second kappa shape index (κ2) is 6.63. The zero-order valence-electron chi connectivity index (χ0n) is 11.6. The number of carbonyl (C=O) groups excluding carboxylic acids is 1. The number of aromatic nitrogens is 1. The molecule has 1 aromatic rings. The number of rotatable bonds is 4. The fourth-order valence-electron chi connectivity index (χ4n) is 1.97. The van der Waals surface area contributed by atoms with Crippen molar-refractivity contribution in [1.29, 1.82) is 0 Å². The Hall–Kier alpha value is -1.46. The lowest BCUT2D eigenvalue weighted by molar-refractivity contribution is -0.118. The molecule has 0 aromatic carbocycles. The van der Waals surface area contributed by atoms with Crippen molar-refractivity contribution in [2.45, 2.75) is 19.8 Å². The van der Waals surface area contributed by atoms with Crippen molar-refractivity contribution in [3.8, 4) is 0 Å². The standard InChI is InChI=1S/C14H21N3O2/c1-11(2)12-3-4-13(15-9-12)16-14(18)10-17-5-7-19-8-6-17/h3-4,9,11H,5-8,10H2,1-2H3,(H,15,16,18). The highest BCUT2D eigenvalue weighted by Crippen LogP contribution is 2.14. The number of hydrogen-bond acceptors (Lipinski definition) is 4. The van der Waals surface area contributed by atoms with Gasteiger partial charge in [0.1, 0.15) is 5.82 Å². The predicted molar refractivity (Wildman–Crippen MR) is 74.2 cm³/mol. The first-order valence-corrected chi connectivity index (χ1v) is 6.71. The van der Waals surface area contributed by atoms with Crippen molar-refractivity contribution in [1.82, 2.24) is 9.88 Å². The van der Waals surface area contributed by atoms with Gasteiger partial charge in [0.15, 0.2) is 0 Å². The van der Waals surface area contributed by atoms with Crippen LogP contribution in [0.2, 0.25) is 0 Å². The van der Waals surface area contributed by atoms with Gasteiger partial charge in [-0.25, -0.2) is 4.98 Å². The summed E-state index contributed by atoms with van der Waals surface area (Å²) >= 11 is 0. The first-order chi connectivity index (χ1) is 9.15. The SMILES string of the molecule is CC(C)c1ccc(NC(=O)CN2CCOCC2)nc1. The van der Waals surface area contributed by atoms with Gasteiger partial charge in [0.05, 0.1) is 19.8 Å². The number of amides is 1. The molecule has 1 N–H and O–H groups in total. The number of nitrogens with one attached hydrogen (secondary N) is 1. The van der Waals surface area contributed by atoms with Gasteiger partial charge in [-0.15, -0.1) is 0 Å². The van der Waals surface area contributed by atoms with E-state index in [0.29, 0.717) is 31.5 Å². The Balaban J connectivity index is 1.84. The van der Waals surface area contributed by atoms with E-state index in [1.807, 2.05) is 18.3 Å². The molecule has 1 saturated heterocycles. The summed E-state index contributed by atoms with van der Waals surface area (Å²) in [5, 5.41) is 2.82. The summed E-state index contributed by atoms with van der Waals surface area (Å²) in [6.07, 6.45) is 1.81. The molecule has 2 heterocycles. The first kappa shape index (κ1) is 14.0. The predicted octanol–water partition coefficient (Wildman–Crippen LogP) is 1.48. The van der Waals surface area contributed by atoms with Crippen molar-refractivity contribution < 1.29 is 9.53 Å². The van der Waals surface area contributed by atoms with E-state index in [-0.39, 0.29) is 5.91 Å². The second-order valence-electron chi connectivity index (χ2n) is 5.07. The number of carbonyl (C=O) groups is 1. The van der Waals surface area contributed by atoms with Crippen LogP contribution in [0.25, 0.3) is 0 Å². The number of anilines is 1. The summed E-state index contributed by atoms with van der Waals surface area (Å²) in [5.74, 6) is 1.04. The minimum atomic E-state index is -0.0216. The average molecular weight is 263 g/mol. The number of nitrogens with zero attached hydrogens (tertiary/aromatic N) is 2. The third-order valence-corrected chi connectivity index (χ3v) is 3.19. The Bertz CT molecular complexity index is 411. The maximum absolute atomic E-state index is 11.9. The molecule has 5 heteroatoms. The molecule has 1 aromatic heterocycles. The lowest BCUT2D eigenvalue weighted by Gasteiger charge is -2.25. The largest absolute Gasteiger partial charge is 0.379 e. The van der Waals surface area contributed by atoms with Crippen LogP contribution in [-0.4, -0.2) is 48.6 Å². The van der Waals surface area contributed by atoms with Gasteiger partial charge in [0.2, 0.25) is 5.91 Å². The van der Waals surface area contributed by atoms with Crippen LogP contribution < -0.4 is 5.32 Å². The Morgan fingerprint density at radius 1 is 1.42 bits per heavy atom. The van der Waals surface area contributed by atoms with Gasteiger partial charge in [-0.3, -0.25) is 9.69 Å². The number of ether oxygens (including phenoxy) is 1. The summed E-state index contributed by atoms with van der Waals surface area (Å²) in [4.78, 5) is 18.2. The molecule has 0 saturated carbocycles. The van der Waals surface area contributed by atoms with Gasteiger partial charge in [-0.1, -0.05) is 19.9 Å². The van der Waals surface area contributed by atoms with Gasteiger partial charge in [-0.2, -0.15) is 0 Å². The average Bonchev–Trinajstić information content (AvgIpc) is 2.40. The van der Waals surface area contributed by atoms with Crippen molar-refractivity contribution in [3.63, 3.8) is 0 Å². The highest BCUT2D eigenvalue weighted by molar-refractivity contribution is 5.91. The third-order valence-electron chi connectivity index (χ3n) is 3.19. The fourth-order valence-corrected chi connectivity index (χ4v) is 1.97. The first-order valence-electron chi connectivity index (χ1n) is 6.71. The fraction of sp³-hybridized carbons (Fsp3) is 0.571. The Morgan fingerprint density at radius 3 is 2.74 bits per heavy atom. The Morgan fingerprint density at radius 2 is 2.16 bits per heavy atom. The van der Waals surface area contributed by atoms with Gasteiger partial charge >= 0.3 is 0 Å². The molecule has 0 aliphatic carbocycles. The quantitative estimate of drug-likeness (QED) is 0.894. The zero-order chi connectivity index (χ0) is 13.7. The van der Waals surface area contributed by atoms with Crippen molar-refractivity contribution in [2.24, 2.45) is 0 Å². The van der Waals surface area contributed by atoms with E-state index in [1.54, 1.807) is 0 Å². The number of pyridine rings is 1. The number of morpholine rings is 1. The summed E-state index contributed by atoms with van der Waals surface area (Å²) < 4.78 is 5.25. The summed E-state index contributed by atoms with van der Waals surface area (Å²) in [6, 6.07) is 3.86. The summed E-state index contributed by atoms with van der Waals surface area (Å²) in [7, 11) is 0. The molecule has 0 unspecified atom stereocenters. The lowest BCUT2D eigenvalue weighted by atomic mass is 10.1. The van der Waals surface area contributed by atoms with E-state index >= 15 is 0 Å². The molecule has 0 bridgehead atoms. The van der Waals surface area contributed by atoms with E-state index < -0.39 is 0 Å². The summed E-state index contributed by atoms with van der Waals surface area (Å²) in [6.45, 7) is 7.67. The van der Waals surface area contributed by atoms with Crippen molar-refractivity contribution in [2.75, 3.05) is 38.2 Å². The molecule has 19 heavy (non-hydrogen) atoms. The molecule has 1 aliphatic rings. The van der Waals surface area contributed by atoms with Gasteiger partial charge < -0.3 is 10.1 Å². The molecule has 5 nitrogen and oxygen atoms in total. The molecular weight excluding hydrogens is 242 g/mol. The van der Waals surface area contributed by atoms with Crippen LogP contribution in [0.5, 0.6) is 0 Å². The van der Waals surface area contributed by atoms with Gasteiger partial charge in [-0.05, 0) is 17.5 Å². The van der Waals surface area contributed by atoms with Crippen LogP contribution in [-0.2, 0) is 9.53 Å². The van der Waals surface area contributed by atoms with Crippen LogP contribution in [0.3, 0.4) is 0 Å². The highest BCUT2D eigenvalue weighted by Gasteiger charge is 2.14. The third kappa shape index (κ3) is 4.29. The lowest BCUT2D eigenvalue weighted by Crippen LogP contribution is -2.41. The van der Waals surface area contributed by atoms with Gasteiger partial charge in [0, 0.05) is 19.3 Å². The van der Waals surface area contributed by atoms with E-state index in [1.165, 1.54) is 5.56 Å². The topological polar surface area (TPSA) is 54.5 Å². The molecule has 0 spiro atoms. The van der Waals surface area contributed by atoms with E-state index in [0.717, 1.165) is 13.1 Å². The molecule has 1 aliphatic heterocycles. The normalized spacial score (nSPS) is 16.6. The highest BCUT2D eigenvalue weighted by atomic mass is 16.5. The van der Waals surface area contributed by atoms with Crippen molar-refractivity contribution >= 4 is 11.7 Å². The van der Waals surface area contributed by atoms with Crippen LogP contribution in [0, 0.1) is 0 Å². The Labute approximate surface area is 114 Å². The molecule has 2 rings (SSSR count).